The molecule has 0 aliphatic rings. The standard InChI is InChI=1S/C33H32Cl3N5O7/c1-47-33-20(17-38-13-11-29(44)45)14-23(34)26(41-33)18-48-27-7-3-5-22(31(27)36)21-4-2-6-24(30(21)35)40-32(46)25-9-8-19(16-39-25)15-37-12-10-28(42)43/h2-9,14,16,37-38H,10-13,15,17-18H2,1H3,(H,40,46)(H,42,43)(H,44,45). The second-order valence-electron chi connectivity index (χ2n) is 10.3. The fourth-order valence-electron chi connectivity index (χ4n) is 4.46. The molecule has 0 saturated carbocycles. The molecular formula is C33H32Cl3N5O7. The highest BCUT2D eigenvalue weighted by atomic mass is 35.5. The number of carbonyl (C=O) groups excluding carboxylic acids is 1. The molecule has 0 aliphatic carbocycles. The lowest BCUT2D eigenvalue weighted by Gasteiger charge is -2.16. The van der Waals surface area contributed by atoms with E-state index >= 15 is 0 Å². The van der Waals surface area contributed by atoms with Gasteiger partial charge in [0.25, 0.3) is 5.91 Å². The third-order valence-electron chi connectivity index (χ3n) is 6.88. The van der Waals surface area contributed by atoms with Crippen LogP contribution in [-0.2, 0) is 29.3 Å². The van der Waals surface area contributed by atoms with Gasteiger partial charge in [0.15, 0.2) is 0 Å². The molecule has 2 heterocycles. The monoisotopic (exact) mass is 715 g/mol. The number of aliphatic carboxylic acids is 2. The first kappa shape index (κ1) is 36.4. The van der Waals surface area contributed by atoms with Crippen LogP contribution in [0.5, 0.6) is 11.6 Å². The molecule has 4 aromatic rings. The third-order valence-corrected chi connectivity index (χ3v) is 8.00. The summed E-state index contributed by atoms with van der Waals surface area (Å²) in [5.41, 5.74) is 3.50. The Morgan fingerprint density at radius 3 is 2.17 bits per heavy atom. The highest BCUT2D eigenvalue weighted by Crippen LogP contribution is 2.41. The topological polar surface area (TPSA) is 172 Å². The molecule has 5 N–H and O–H groups in total. The van der Waals surface area contributed by atoms with Gasteiger partial charge < -0.3 is 35.6 Å². The van der Waals surface area contributed by atoms with Crippen LogP contribution < -0.4 is 25.4 Å². The minimum absolute atomic E-state index is 0.00577. The maximum Gasteiger partial charge on any atom is 0.304 e. The van der Waals surface area contributed by atoms with Crippen LogP contribution in [0.4, 0.5) is 5.69 Å². The average molecular weight is 717 g/mol. The van der Waals surface area contributed by atoms with Gasteiger partial charge in [-0.3, -0.25) is 19.4 Å². The van der Waals surface area contributed by atoms with Crippen molar-refractivity contribution >= 4 is 58.3 Å². The van der Waals surface area contributed by atoms with Crippen LogP contribution in [0.3, 0.4) is 0 Å². The molecule has 0 atom stereocenters. The number of hydrogen-bond donors (Lipinski definition) is 5. The van der Waals surface area contributed by atoms with Crippen molar-refractivity contribution < 1.29 is 34.1 Å². The zero-order chi connectivity index (χ0) is 34.6. The van der Waals surface area contributed by atoms with E-state index in [1.807, 2.05) is 0 Å². The predicted molar refractivity (Wildman–Crippen MR) is 182 cm³/mol. The van der Waals surface area contributed by atoms with Crippen molar-refractivity contribution in [3.63, 3.8) is 0 Å². The number of methoxy groups -OCH3 is 1. The number of hydrogen-bond acceptors (Lipinski definition) is 9. The van der Waals surface area contributed by atoms with E-state index in [1.54, 1.807) is 60.8 Å². The van der Waals surface area contributed by atoms with E-state index < -0.39 is 17.8 Å². The zero-order valence-corrected chi connectivity index (χ0v) is 28.0. The molecule has 0 aliphatic heterocycles. The molecule has 0 spiro atoms. The Balaban J connectivity index is 1.44. The summed E-state index contributed by atoms with van der Waals surface area (Å²) < 4.78 is 11.4. The number of anilines is 1. The average Bonchev–Trinajstić information content (AvgIpc) is 3.06. The van der Waals surface area contributed by atoms with Gasteiger partial charge in [0.2, 0.25) is 5.88 Å². The summed E-state index contributed by atoms with van der Waals surface area (Å²) in [6.07, 6.45) is 1.53. The summed E-state index contributed by atoms with van der Waals surface area (Å²) in [7, 11) is 1.47. The Morgan fingerprint density at radius 2 is 1.52 bits per heavy atom. The van der Waals surface area contributed by atoms with Gasteiger partial charge in [-0.2, -0.15) is 0 Å². The van der Waals surface area contributed by atoms with Gasteiger partial charge in [-0.1, -0.05) is 65.1 Å². The first-order valence-corrected chi connectivity index (χ1v) is 15.7. The number of carbonyl (C=O) groups is 3. The van der Waals surface area contributed by atoms with E-state index in [0.29, 0.717) is 64.4 Å². The van der Waals surface area contributed by atoms with Crippen molar-refractivity contribution in [2.24, 2.45) is 0 Å². The molecule has 2 aromatic carbocycles. The number of benzene rings is 2. The molecular weight excluding hydrogens is 685 g/mol. The minimum atomic E-state index is -0.902. The van der Waals surface area contributed by atoms with Crippen LogP contribution >= 0.6 is 34.8 Å². The van der Waals surface area contributed by atoms with Crippen molar-refractivity contribution in [1.82, 2.24) is 20.6 Å². The molecule has 252 valence electrons. The van der Waals surface area contributed by atoms with Gasteiger partial charge in [0.05, 0.1) is 40.7 Å². The number of nitrogens with one attached hydrogen (secondary N) is 3. The smallest absolute Gasteiger partial charge is 0.304 e. The number of ether oxygens (including phenoxy) is 2. The minimum Gasteiger partial charge on any atom is -0.486 e. The molecule has 15 heteroatoms. The molecule has 0 unspecified atom stereocenters. The third kappa shape index (κ3) is 10.0. The summed E-state index contributed by atoms with van der Waals surface area (Å²) in [4.78, 5) is 43.1. The number of rotatable bonds is 17. The number of aromatic nitrogens is 2. The first-order chi connectivity index (χ1) is 23.1. The Kier molecular flexibility index (Phi) is 13.4. The normalized spacial score (nSPS) is 10.8. The summed E-state index contributed by atoms with van der Waals surface area (Å²) in [5, 5.41) is 27.3. The van der Waals surface area contributed by atoms with Crippen LogP contribution in [-0.4, -0.2) is 58.2 Å². The van der Waals surface area contributed by atoms with Gasteiger partial charge in [0.1, 0.15) is 23.7 Å². The molecule has 12 nitrogen and oxygen atoms in total. The molecule has 48 heavy (non-hydrogen) atoms. The molecule has 2 aromatic heterocycles. The van der Waals surface area contributed by atoms with E-state index in [2.05, 4.69) is 25.9 Å². The largest absolute Gasteiger partial charge is 0.486 e. The van der Waals surface area contributed by atoms with Crippen molar-refractivity contribution in [3.8, 4) is 22.8 Å². The molecule has 0 saturated heterocycles. The molecule has 1 amide bonds. The summed E-state index contributed by atoms with van der Waals surface area (Å²) in [6, 6.07) is 15.4. The van der Waals surface area contributed by atoms with E-state index in [-0.39, 0.29) is 41.7 Å². The molecule has 0 radical (unpaired) electrons. The molecule has 0 bridgehead atoms. The second-order valence-corrected chi connectivity index (χ2v) is 11.5. The Bertz CT molecular complexity index is 1770. The van der Waals surface area contributed by atoms with E-state index in [9.17, 15) is 14.4 Å². The highest BCUT2D eigenvalue weighted by Gasteiger charge is 2.18. The van der Waals surface area contributed by atoms with Crippen molar-refractivity contribution in [3.05, 3.63) is 98.4 Å². The Morgan fingerprint density at radius 1 is 0.854 bits per heavy atom. The van der Waals surface area contributed by atoms with Gasteiger partial charge in [-0.15, -0.1) is 0 Å². The number of halogens is 3. The maximum atomic E-state index is 13.0. The number of carboxylic acid groups (broad SMARTS) is 2. The number of amides is 1. The van der Waals surface area contributed by atoms with Crippen LogP contribution in [0, 0.1) is 0 Å². The molecule has 4 rings (SSSR count). The van der Waals surface area contributed by atoms with Crippen molar-refractivity contribution in [1.29, 1.82) is 0 Å². The number of nitrogens with zero attached hydrogens (tertiary/aromatic N) is 2. The zero-order valence-electron chi connectivity index (χ0n) is 25.7. The summed E-state index contributed by atoms with van der Waals surface area (Å²) in [6.45, 7) is 1.30. The van der Waals surface area contributed by atoms with Crippen LogP contribution in [0.2, 0.25) is 15.1 Å². The quantitative estimate of drug-likeness (QED) is 0.0803. The van der Waals surface area contributed by atoms with E-state index in [1.165, 1.54) is 7.11 Å². The van der Waals surface area contributed by atoms with Crippen LogP contribution in [0.15, 0.2) is 60.8 Å². The van der Waals surface area contributed by atoms with E-state index in [4.69, 9.17) is 54.5 Å². The van der Waals surface area contributed by atoms with Crippen molar-refractivity contribution in [2.45, 2.75) is 32.5 Å². The fraction of sp³-hybridized carbons (Fsp3) is 0.242. The lowest BCUT2D eigenvalue weighted by atomic mass is 10.0. The number of carboxylic acids is 2. The lowest BCUT2D eigenvalue weighted by Crippen LogP contribution is -2.18. The summed E-state index contributed by atoms with van der Waals surface area (Å²) in [5.74, 6) is -1.59. The fourth-order valence-corrected chi connectivity index (χ4v) is 5.25. The van der Waals surface area contributed by atoms with Crippen LogP contribution in [0.25, 0.3) is 11.1 Å². The van der Waals surface area contributed by atoms with Gasteiger partial charge >= 0.3 is 11.9 Å². The Labute approximate surface area is 291 Å². The van der Waals surface area contributed by atoms with Gasteiger partial charge in [0, 0.05) is 49.1 Å². The second kappa shape index (κ2) is 17.6. The lowest BCUT2D eigenvalue weighted by molar-refractivity contribution is -0.137. The van der Waals surface area contributed by atoms with Crippen LogP contribution in [0.1, 0.15) is 40.2 Å². The summed E-state index contributed by atoms with van der Waals surface area (Å²) >= 11 is 20.0. The maximum absolute atomic E-state index is 13.0. The van der Waals surface area contributed by atoms with Gasteiger partial charge in [-0.25, -0.2) is 4.98 Å². The number of pyridine rings is 2. The van der Waals surface area contributed by atoms with Gasteiger partial charge in [-0.05, 0) is 29.8 Å². The molecule has 0 fully saturated rings. The predicted octanol–water partition coefficient (Wildman–Crippen LogP) is 6.07. The van der Waals surface area contributed by atoms with Crippen molar-refractivity contribution in [2.75, 3.05) is 25.5 Å². The van der Waals surface area contributed by atoms with E-state index in [0.717, 1.165) is 5.56 Å². The Hall–Kier alpha value is -4.46. The highest BCUT2D eigenvalue weighted by molar-refractivity contribution is 6.39. The first-order valence-electron chi connectivity index (χ1n) is 14.6. The SMILES string of the molecule is COc1nc(COc2cccc(-c3cccc(NC(=O)c4ccc(CNCCC(=O)O)cn4)c3Cl)c2Cl)c(Cl)cc1CNCCC(=O)O.